The van der Waals surface area contributed by atoms with Crippen molar-refractivity contribution in [2.75, 3.05) is 7.11 Å². The first-order valence-corrected chi connectivity index (χ1v) is 3.79. The molecular formula is C8H12N2O2. The first-order valence-electron chi connectivity index (χ1n) is 3.79. The molecule has 0 unspecified atom stereocenters. The number of carbonyl (C=O) groups is 1. The highest BCUT2D eigenvalue weighted by Gasteiger charge is 2.13. The molecule has 0 aromatic carbocycles. The summed E-state index contributed by atoms with van der Waals surface area (Å²) in [5.74, 6) is -0.347. The van der Waals surface area contributed by atoms with E-state index in [0.717, 1.165) is 0 Å². The molecule has 1 aromatic heterocycles. The van der Waals surface area contributed by atoms with Gasteiger partial charge in [0.25, 0.3) is 0 Å². The van der Waals surface area contributed by atoms with Crippen LogP contribution in [0.2, 0.25) is 0 Å². The number of rotatable bonds is 3. The fourth-order valence-corrected chi connectivity index (χ4v) is 0.965. The number of hydrogen-bond acceptors (Lipinski definition) is 3. The van der Waals surface area contributed by atoms with Crippen molar-refractivity contribution in [1.82, 2.24) is 9.78 Å². The number of esters is 1. The first-order chi connectivity index (χ1) is 5.74. The average Bonchev–Trinajstić information content (AvgIpc) is 2.55. The molecule has 0 radical (unpaired) electrons. The predicted octanol–water partition coefficient (Wildman–Crippen LogP) is 0.692. The Bertz CT molecular complexity index is 244. The first kappa shape index (κ1) is 8.77. The van der Waals surface area contributed by atoms with E-state index in [-0.39, 0.29) is 11.9 Å². The molecule has 4 heteroatoms. The Labute approximate surface area is 71.1 Å². The molecule has 66 valence electrons. The van der Waals surface area contributed by atoms with Gasteiger partial charge >= 0.3 is 5.97 Å². The van der Waals surface area contributed by atoms with Crippen LogP contribution in [0.25, 0.3) is 0 Å². The summed E-state index contributed by atoms with van der Waals surface area (Å²) in [5, 5.41) is 3.98. The van der Waals surface area contributed by atoms with Gasteiger partial charge in [-0.2, -0.15) is 5.10 Å². The minimum Gasteiger partial charge on any atom is -0.469 e. The van der Waals surface area contributed by atoms with Crippen molar-refractivity contribution in [3.63, 3.8) is 0 Å². The maximum atomic E-state index is 11.0. The van der Waals surface area contributed by atoms with Crippen molar-refractivity contribution >= 4 is 5.97 Å². The summed E-state index contributed by atoms with van der Waals surface area (Å²) in [6, 6.07) is 1.82. The van der Waals surface area contributed by atoms with Gasteiger partial charge in [0.05, 0.1) is 19.6 Å². The Morgan fingerprint density at radius 2 is 2.50 bits per heavy atom. The van der Waals surface area contributed by atoms with Crippen molar-refractivity contribution in [1.29, 1.82) is 0 Å². The fourth-order valence-electron chi connectivity index (χ4n) is 0.965. The molecule has 0 fully saturated rings. The second-order valence-corrected chi connectivity index (χ2v) is 2.65. The molecule has 1 aromatic rings. The highest BCUT2D eigenvalue weighted by atomic mass is 16.5. The minimum atomic E-state index is -0.203. The predicted molar refractivity (Wildman–Crippen MR) is 43.4 cm³/mol. The molecule has 0 aliphatic heterocycles. The summed E-state index contributed by atoms with van der Waals surface area (Å²) in [6.07, 6.45) is 3.50. The van der Waals surface area contributed by atoms with Crippen LogP contribution in [-0.2, 0) is 16.1 Å². The summed E-state index contributed by atoms with van der Waals surface area (Å²) < 4.78 is 6.29. The lowest BCUT2D eigenvalue weighted by Gasteiger charge is -2.08. The molecule has 0 saturated heterocycles. The lowest BCUT2D eigenvalue weighted by Crippen LogP contribution is -2.18. The van der Waals surface area contributed by atoms with E-state index < -0.39 is 0 Å². The minimum absolute atomic E-state index is 0.144. The van der Waals surface area contributed by atoms with E-state index in [0.29, 0.717) is 6.54 Å². The zero-order chi connectivity index (χ0) is 8.97. The molecule has 0 spiro atoms. The van der Waals surface area contributed by atoms with Crippen LogP contribution in [0.1, 0.15) is 6.92 Å². The van der Waals surface area contributed by atoms with E-state index in [4.69, 9.17) is 0 Å². The molecule has 0 aliphatic carbocycles. The summed E-state index contributed by atoms with van der Waals surface area (Å²) in [7, 11) is 1.39. The van der Waals surface area contributed by atoms with Gasteiger partial charge in [-0.15, -0.1) is 0 Å². The van der Waals surface area contributed by atoms with Crippen LogP contribution in [0.5, 0.6) is 0 Å². The highest BCUT2D eigenvalue weighted by Crippen LogP contribution is 2.01. The Kier molecular flexibility index (Phi) is 2.85. The Morgan fingerprint density at radius 1 is 1.75 bits per heavy atom. The zero-order valence-corrected chi connectivity index (χ0v) is 7.23. The molecule has 1 atom stereocenters. The fraction of sp³-hybridized carbons (Fsp3) is 0.500. The van der Waals surface area contributed by atoms with Crippen molar-refractivity contribution in [2.45, 2.75) is 13.5 Å². The van der Waals surface area contributed by atoms with Gasteiger partial charge in [0.1, 0.15) is 0 Å². The molecule has 0 saturated carbocycles. The van der Waals surface area contributed by atoms with Gasteiger partial charge in [-0.1, -0.05) is 6.92 Å². The zero-order valence-electron chi connectivity index (χ0n) is 7.23. The maximum absolute atomic E-state index is 11.0. The van der Waals surface area contributed by atoms with Gasteiger partial charge in [0, 0.05) is 12.4 Å². The lowest BCUT2D eigenvalue weighted by atomic mass is 10.2. The van der Waals surface area contributed by atoms with Crippen LogP contribution < -0.4 is 0 Å². The summed E-state index contributed by atoms with van der Waals surface area (Å²) in [6.45, 7) is 2.38. The van der Waals surface area contributed by atoms with Gasteiger partial charge in [-0.25, -0.2) is 0 Å². The number of ether oxygens (including phenoxy) is 1. The SMILES string of the molecule is COC(=O)[C@@H](C)Cn1cccn1. The van der Waals surface area contributed by atoms with Gasteiger partial charge in [0.15, 0.2) is 0 Å². The van der Waals surface area contributed by atoms with Crippen LogP contribution >= 0.6 is 0 Å². The standard InChI is InChI=1S/C8H12N2O2/c1-7(8(11)12-2)6-10-5-3-4-9-10/h3-5,7H,6H2,1-2H3/t7-/m0/s1. The molecule has 1 rings (SSSR count). The molecule has 0 bridgehead atoms. The van der Waals surface area contributed by atoms with Crippen molar-refractivity contribution < 1.29 is 9.53 Å². The smallest absolute Gasteiger partial charge is 0.310 e. The molecule has 4 nitrogen and oxygen atoms in total. The van der Waals surface area contributed by atoms with Crippen molar-refractivity contribution in [2.24, 2.45) is 5.92 Å². The third kappa shape index (κ3) is 2.08. The largest absolute Gasteiger partial charge is 0.469 e. The summed E-state index contributed by atoms with van der Waals surface area (Å²) in [4.78, 5) is 11.0. The van der Waals surface area contributed by atoms with E-state index in [9.17, 15) is 4.79 Å². The number of aromatic nitrogens is 2. The second kappa shape index (κ2) is 3.90. The molecule has 0 N–H and O–H groups in total. The van der Waals surface area contributed by atoms with Crippen LogP contribution in [-0.4, -0.2) is 22.9 Å². The monoisotopic (exact) mass is 168 g/mol. The summed E-state index contributed by atoms with van der Waals surface area (Å²) >= 11 is 0. The summed E-state index contributed by atoms with van der Waals surface area (Å²) in [5.41, 5.74) is 0. The highest BCUT2D eigenvalue weighted by molar-refractivity contribution is 5.71. The van der Waals surface area contributed by atoms with Gasteiger partial charge in [-0.3, -0.25) is 9.48 Å². The number of hydrogen-bond donors (Lipinski definition) is 0. The van der Waals surface area contributed by atoms with Crippen LogP contribution in [0.4, 0.5) is 0 Å². The molecule has 0 aliphatic rings. The second-order valence-electron chi connectivity index (χ2n) is 2.65. The molecule has 1 heterocycles. The number of carbonyl (C=O) groups excluding carboxylic acids is 1. The van der Waals surface area contributed by atoms with Gasteiger partial charge in [-0.05, 0) is 6.07 Å². The van der Waals surface area contributed by atoms with Gasteiger partial charge < -0.3 is 4.74 Å². The number of methoxy groups -OCH3 is 1. The Hall–Kier alpha value is -1.32. The molecular weight excluding hydrogens is 156 g/mol. The normalized spacial score (nSPS) is 12.5. The number of nitrogens with zero attached hydrogens (tertiary/aromatic N) is 2. The quantitative estimate of drug-likeness (QED) is 0.624. The van der Waals surface area contributed by atoms with E-state index in [1.165, 1.54) is 7.11 Å². The van der Waals surface area contributed by atoms with Gasteiger partial charge in [0.2, 0.25) is 0 Å². The molecule has 12 heavy (non-hydrogen) atoms. The lowest BCUT2D eigenvalue weighted by molar-refractivity contribution is -0.145. The van der Waals surface area contributed by atoms with E-state index in [2.05, 4.69) is 9.84 Å². The van der Waals surface area contributed by atoms with Crippen LogP contribution in [0.15, 0.2) is 18.5 Å². The third-order valence-electron chi connectivity index (χ3n) is 1.62. The average molecular weight is 168 g/mol. The van der Waals surface area contributed by atoms with E-state index in [1.54, 1.807) is 10.9 Å². The van der Waals surface area contributed by atoms with Crippen molar-refractivity contribution in [3.8, 4) is 0 Å². The maximum Gasteiger partial charge on any atom is 0.310 e. The van der Waals surface area contributed by atoms with E-state index >= 15 is 0 Å². The van der Waals surface area contributed by atoms with Crippen LogP contribution in [0.3, 0.4) is 0 Å². The van der Waals surface area contributed by atoms with Crippen molar-refractivity contribution in [3.05, 3.63) is 18.5 Å². The van der Waals surface area contributed by atoms with Crippen LogP contribution in [0, 0.1) is 5.92 Å². The third-order valence-corrected chi connectivity index (χ3v) is 1.62. The Morgan fingerprint density at radius 3 is 3.00 bits per heavy atom. The van der Waals surface area contributed by atoms with E-state index in [1.807, 2.05) is 19.2 Å². The topological polar surface area (TPSA) is 44.1 Å². The molecule has 0 amide bonds. The Balaban J connectivity index is 2.47.